The molecule has 19 heavy (non-hydrogen) atoms. The van der Waals surface area contributed by atoms with E-state index in [4.69, 9.17) is 0 Å². The predicted octanol–water partition coefficient (Wildman–Crippen LogP) is 3.48. The Morgan fingerprint density at radius 3 is 2.47 bits per heavy atom. The van der Waals surface area contributed by atoms with Crippen LogP contribution in [0.25, 0.3) is 0 Å². The Morgan fingerprint density at radius 1 is 1.00 bits per heavy atom. The van der Waals surface area contributed by atoms with Crippen LogP contribution in [0.1, 0.15) is 12.0 Å². The van der Waals surface area contributed by atoms with Crippen molar-refractivity contribution in [2.24, 2.45) is 0 Å². The molecule has 3 rings (SSSR count). The van der Waals surface area contributed by atoms with E-state index in [9.17, 15) is 4.79 Å². The quantitative estimate of drug-likeness (QED) is 0.842. The van der Waals surface area contributed by atoms with Gasteiger partial charge in [-0.15, -0.1) is 0 Å². The monoisotopic (exact) mass is 252 g/mol. The summed E-state index contributed by atoms with van der Waals surface area (Å²) in [5.41, 5.74) is 4.01. The highest BCUT2D eigenvalue weighted by Gasteiger charge is 2.23. The molecule has 0 aliphatic carbocycles. The van der Waals surface area contributed by atoms with E-state index in [1.807, 2.05) is 60.4 Å². The maximum absolute atomic E-state index is 12.4. The van der Waals surface area contributed by atoms with Crippen LogP contribution in [-0.2, 0) is 4.79 Å². The molecule has 0 bridgehead atoms. The van der Waals surface area contributed by atoms with E-state index in [0.29, 0.717) is 13.0 Å². The number of aryl methyl sites for hydroxylation is 1. The van der Waals surface area contributed by atoms with Crippen LogP contribution in [0.15, 0.2) is 48.5 Å². The van der Waals surface area contributed by atoms with Gasteiger partial charge in [0.15, 0.2) is 0 Å². The van der Waals surface area contributed by atoms with Gasteiger partial charge in [-0.05, 0) is 30.7 Å². The number of rotatable bonds is 1. The number of benzene rings is 2. The zero-order valence-electron chi connectivity index (χ0n) is 10.9. The van der Waals surface area contributed by atoms with Gasteiger partial charge in [0.1, 0.15) is 0 Å². The molecule has 3 nitrogen and oxygen atoms in total. The van der Waals surface area contributed by atoms with Crippen LogP contribution >= 0.6 is 0 Å². The Bertz CT molecular complexity index is 622. The summed E-state index contributed by atoms with van der Waals surface area (Å²) in [4.78, 5) is 14.2. The smallest absolute Gasteiger partial charge is 0.233 e. The second-order valence-corrected chi connectivity index (χ2v) is 4.71. The maximum Gasteiger partial charge on any atom is 0.233 e. The standard InChI is InChI=1S/C16H16N2O/c1-12-6-2-4-8-14(12)18-15-9-5-3-7-13(15)17-11-10-16(18)19/h2-9,17H,10-11H2,1H3. The summed E-state index contributed by atoms with van der Waals surface area (Å²) in [6.07, 6.45) is 0.503. The van der Waals surface area contributed by atoms with Gasteiger partial charge in [0, 0.05) is 13.0 Å². The van der Waals surface area contributed by atoms with E-state index in [1.165, 1.54) is 0 Å². The normalized spacial score (nSPS) is 14.6. The van der Waals surface area contributed by atoms with Crippen LogP contribution in [0, 0.1) is 6.92 Å². The van der Waals surface area contributed by atoms with Crippen molar-refractivity contribution in [3.63, 3.8) is 0 Å². The molecule has 0 fully saturated rings. The summed E-state index contributed by atoms with van der Waals surface area (Å²) in [5, 5.41) is 3.31. The fraction of sp³-hybridized carbons (Fsp3) is 0.188. The summed E-state index contributed by atoms with van der Waals surface area (Å²) in [6, 6.07) is 15.9. The number of hydrogen-bond acceptors (Lipinski definition) is 2. The van der Waals surface area contributed by atoms with E-state index >= 15 is 0 Å². The molecule has 2 aromatic rings. The number of carbonyl (C=O) groups excluding carboxylic acids is 1. The summed E-state index contributed by atoms with van der Waals surface area (Å²) in [5.74, 6) is 0.131. The highest BCUT2D eigenvalue weighted by Crippen LogP contribution is 2.35. The van der Waals surface area contributed by atoms with Crippen molar-refractivity contribution in [1.29, 1.82) is 0 Å². The third-order valence-corrected chi connectivity index (χ3v) is 3.41. The molecule has 1 amide bonds. The number of carbonyl (C=O) groups is 1. The number of fused-ring (bicyclic) bond motifs is 1. The molecule has 2 aromatic carbocycles. The van der Waals surface area contributed by atoms with E-state index < -0.39 is 0 Å². The lowest BCUT2D eigenvalue weighted by molar-refractivity contribution is -0.117. The van der Waals surface area contributed by atoms with Crippen LogP contribution < -0.4 is 10.2 Å². The van der Waals surface area contributed by atoms with Crippen LogP contribution in [0.2, 0.25) is 0 Å². The van der Waals surface area contributed by atoms with Crippen LogP contribution in [0.5, 0.6) is 0 Å². The van der Waals surface area contributed by atoms with E-state index in [0.717, 1.165) is 22.6 Å². The fourth-order valence-electron chi connectivity index (χ4n) is 2.45. The minimum absolute atomic E-state index is 0.131. The first-order chi connectivity index (χ1) is 9.27. The lowest BCUT2D eigenvalue weighted by Gasteiger charge is -2.24. The molecule has 0 unspecified atom stereocenters. The molecule has 0 spiro atoms. The largest absolute Gasteiger partial charge is 0.383 e. The van der Waals surface area contributed by atoms with E-state index in [2.05, 4.69) is 5.32 Å². The third-order valence-electron chi connectivity index (χ3n) is 3.41. The zero-order chi connectivity index (χ0) is 13.2. The average molecular weight is 252 g/mol. The van der Waals surface area contributed by atoms with Gasteiger partial charge in [0.05, 0.1) is 17.1 Å². The van der Waals surface area contributed by atoms with Gasteiger partial charge in [0.2, 0.25) is 5.91 Å². The minimum atomic E-state index is 0.131. The van der Waals surface area contributed by atoms with Crippen LogP contribution in [0.3, 0.4) is 0 Å². The molecule has 0 atom stereocenters. The highest BCUT2D eigenvalue weighted by atomic mass is 16.2. The number of para-hydroxylation sites is 3. The van der Waals surface area contributed by atoms with Crippen molar-refractivity contribution in [2.45, 2.75) is 13.3 Å². The molecule has 0 saturated heterocycles. The first-order valence-electron chi connectivity index (χ1n) is 6.49. The van der Waals surface area contributed by atoms with Gasteiger partial charge >= 0.3 is 0 Å². The molecule has 3 heteroatoms. The highest BCUT2D eigenvalue weighted by molar-refractivity contribution is 6.05. The van der Waals surface area contributed by atoms with Gasteiger partial charge in [-0.2, -0.15) is 0 Å². The zero-order valence-corrected chi connectivity index (χ0v) is 10.9. The maximum atomic E-state index is 12.4. The summed E-state index contributed by atoms with van der Waals surface area (Å²) in [7, 11) is 0. The number of hydrogen-bond donors (Lipinski definition) is 1. The van der Waals surface area contributed by atoms with Crippen LogP contribution in [0.4, 0.5) is 17.1 Å². The van der Waals surface area contributed by atoms with Crippen molar-refractivity contribution >= 4 is 23.0 Å². The summed E-state index contributed by atoms with van der Waals surface area (Å²) >= 11 is 0. The SMILES string of the molecule is Cc1ccccc1N1C(=O)CCNc2ccccc21. The molecule has 0 aromatic heterocycles. The lowest BCUT2D eigenvalue weighted by atomic mass is 10.1. The number of nitrogens with zero attached hydrogens (tertiary/aromatic N) is 1. The van der Waals surface area contributed by atoms with E-state index in [1.54, 1.807) is 0 Å². The second-order valence-electron chi connectivity index (χ2n) is 4.71. The number of amides is 1. The number of anilines is 3. The Kier molecular flexibility index (Phi) is 2.95. The van der Waals surface area contributed by atoms with Crippen molar-refractivity contribution in [1.82, 2.24) is 0 Å². The average Bonchev–Trinajstić information content (AvgIpc) is 2.58. The van der Waals surface area contributed by atoms with Gasteiger partial charge in [-0.3, -0.25) is 9.69 Å². The minimum Gasteiger partial charge on any atom is -0.383 e. The lowest BCUT2D eigenvalue weighted by Crippen LogP contribution is -2.25. The fourth-order valence-corrected chi connectivity index (χ4v) is 2.45. The number of nitrogens with one attached hydrogen (secondary N) is 1. The topological polar surface area (TPSA) is 32.3 Å². The third kappa shape index (κ3) is 2.08. The van der Waals surface area contributed by atoms with Gasteiger partial charge in [-0.1, -0.05) is 30.3 Å². The molecule has 96 valence electrons. The van der Waals surface area contributed by atoms with Gasteiger partial charge in [0.25, 0.3) is 0 Å². The molecular formula is C16H16N2O. The van der Waals surface area contributed by atoms with E-state index in [-0.39, 0.29) is 5.91 Å². The Hall–Kier alpha value is -2.29. The molecule has 0 saturated carbocycles. The van der Waals surface area contributed by atoms with Gasteiger partial charge in [-0.25, -0.2) is 0 Å². The molecule has 1 heterocycles. The molecular weight excluding hydrogens is 236 g/mol. The first-order valence-corrected chi connectivity index (χ1v) is 6.49. The Morgan fingerprint density at radius 2 is 1.68 bits per heavy atom. The van der Waals surface area contributed by atoms with Gasteiger partial charge < -0.3 is 5.32 Å². The van der Waals surface area contributed by atoms with Crippen molar-refractivity contribution < 1.29 is 4.79 Å². The van der Waals surface area contributed by atoms with Crippen molar-refractivity contribution in [2.75, 3.05) is 16.8 Å². The second kappa shape index (κ2) is 4.76. The van der Waals surface area contributed by atoms with Crippen LogP contribution in [-0.4, -0.2) is 12.5 Å². The molecule has 0 radical (unpaired) electrons. The summed E-state index contributed by atoms with van der Waals surface area (Å²) in [6.45, 7) is 2.71. The molecule has 1 N–H and O–H groups in total. The van der Waals surface area contributed by atoms with Crippen molar-refractivity contribution in [3.05, 3.63) is 54.1 Å². The molecule has 1 aliphatic rings. The Labute approximate surface area is 112 Å². The Balaban J connectivity index is 2.18. The summed E-state index contributed by atoms with van der Waals surface area (Å²) < 4.78 is 0. The predicted molar refractivity (Wildman–Crippen MR) is 77.9 cm³/mol. The first kappa shape index (κ1) is 11.8. The molecule has 1 aliphatic heterocycles. The van der Waals surface area contributed by atoms with Crippen molar-refractivity contribution in [3.8, 4) is 0 Å².